The van der Waals surface area contributed by atoms with E-state index in [9.17, 15) is 4.79 Å². The molecule has 0 saturated carbocycles. The van der Waals surface area contributed by atoms with E-state index in [1.807, 2.05) is 49.4 Å². The van der Waals surface area contributed by atoms with Gasteiger partial charge in [-0.05, 0) is 36.8 Å². The van der Waals surface area contributed by atoms with Crippen LogP contribution in [0.25, 0.3) is 10.2 Å². The number of rotatable bonds is 3. The van der Waals surface area contributed by atoms with Gasteiger partial charge in [0.1, 0.15) is 0 Å². The number of aromatic nitrogens is 1. The van der Waals surface area contributed by atoms with E-state index in [1.165, 1.54) is 11.3 Å². The van der Waals surface area contributed by atoms with Crippen LogP contribution < -0.4 is 10.6 Å². The molecule has 6 heteroatoms. The molecular weight excluding hydrogens is 318 g/mol. The topological polar surface area (TPSA) is 54.0 Å². The summed E-state index contributed by atoms with van der Waals surface area (Å²) in [6, 6.07) is 14.8. The molecule has 112 valence electrons. The summed E-state index contributed by atoms with van der Waals surface area (Å²) in [6.45, 7) is 1.91. The first kappa shape index (κ1) is 14.8. The monoisotopic (exact) mass is 331 g/mol. The molecule has 0 saturated heterocycles. The highest BCUT2D eigenvalue weighted by molar-refractivity contribution is 7.22. The molecule has 1 aromatic heterocycles. The van der Waals surface area contributed by atoms with Gasteiger partial charge in [0.25, 0.3) is 0 Å². The maximum atomic E-state index is 12.1. The van der Waals surface area contributed by atoms with Crippen molar-refractivity contribution in [2.24, 2.45) is 0 Å². The number of nitrogens with zero attached hydrogens (tertiary/aromatic N) is 1. The number of para-hydroxylation sites is 1. The average Bonchev–Trinajstić information content (AvgIpc) is 2.89. The summed E-state index contributed by atoms with van der Waals surface area (Å²) >= 11 is 7.41. The molecule has 0 aliphatic heterocycles. The first-order valence-corrected chi connectivity index (χ1v) is 8.00. The van der Waals surface area contributed by atoms with Crippen LogP contribution in [0, 0.1) is 0 Å². The first-order valence-electron chi connectivity index (χ1n) is 6.80. The van der Waals surface area contributed by atoms with Crippen LogP contribution in [-0.2, 0) is 0 Å². The number of halogens is 1. The Labute approximate surface area is 137 Å². The molecule has 0 bridgehead atoms. The van der Waals surface area contributed by atoms with Gasteiger partial charge in [-0.1, -0.05) is 47.2 Å². The first-order chi connectivity index (χ1) is 10.6. The van der Waals surface area contributed by atoms with E-state index < -0.39 is 0 Å². The number of carbonyl (C=O) groups is 1. The second-order valence-electron chi connectivity index (χ2n) is 4.86. The number of anilines is 1. The second-order valence-corrected chi connectivity index (χ2v) is 6.33. The van der Waals surface area contributed by atoms with E-state index >= 15 is 0 Å². The van der Waals surface area contributed by atoms with E-state index in [1.54, 1.807) is 6.07 Å². The van der Waals surface area contributed by atoms with Crippen LogP contribution in [0.2, 0.25) is 5.02 Å². The lowest BCUT2D eigenvalue weighted by Crippen LogP contribution is -2.31. The van der Waals surface area contributed by atoms with Crippen molar-refractivity contribution < 1.29 is 4.79 Å². The zero-order valence-electron chi connectivity index (χ0n) is 11.8. The van der Waals surface area contributed by atoms with Crippen LogP contribution in [0.4, 0.5) is 9.93 Å². The average molecular weight is 332 g/mol. The maximum absolute atomic E-state index is 12.1. The molecule has 3 rings (SSSR count). The van der Waals surface area contributed by atoms with Gasteiger partial charge in [-0.3, -0.25) is 5.32 Å². The maximum Gasteiger partial charge on any atom is 0.321 e. The smallest absolute Gasteiger partial charge is 0.321 e. The summed E-state index contributed by atoms with van der Waals surface area (Å²) < 4.78 is 1.04. The number of fused-ring (bicyclic) bond motifs is 1. The molecule has 0 fully saturated rings. The number of hydrogen-bond acceptors (Lipinski definition) is 3. The molecule has 2 aromatic carbocycles. The lowest BCUT2D eigenvalue weighted by Gasteiger charge is -2.14. The Kier molecular flexibility index (Phi) is 4.27. The van der Waals surface area contributed by atoms with Crippen LogP contribution >= 0.6 is 22.9 Å². The van der Waals surface area contributed by atoms with E-state index in [-0.39, 0.29) is 12.1 Å². The molecule has 0 radical (unpaired) electrons. The van der Waals surface area contributed by atoms with Crippen molar-refractivity contribution in [3.63, 3.8) is 0 Å². The molecule has 0 aliphatic carbocycles. The Morgan fingerprint density at radius 1 is 1.23 bits per heavy atom. The summed E-state index contributed by atoms with van der Waals surface area (Å²) in [7, 11) is 0. The summed E-state index contributed by atoms with van der Waals surface area (Å²) in [4.78, 5) is 16.4. The van der Waals surface area contributed by atoms with E-state index in [0.717, 1.165) is 15.8 Å². The molecule has 0 aliphatic rings. The van der Waals surface area contributed by atoms with E-state index in [2.05, 4.69) is 15.6 Å². The molecule has 4 nitrogen and oxygen atoms in total. The predicted molar refractivity (Wildman–Crippen MR) is 91.6 cm³/mol. The SMILES string of the molecule is C[C@@H](NC(=O)Nc1nc2ccccc2s1)c1cccc(Cl)c1. The van der Waals surface area contributed by atoms with Gasteiger partial charge in [0, 0.05) is 5.02 Å². The molecule has 0 spiro atoms. The molecule has 3 aromatic rings. The normalized spacial score (nSPS) is 12.1. The number of benzene rings is 2. The predicted octanol–water partition coefficient (Wildman–Crippen LogP) is 4.83. The van der Waals surface area contributed by atoms with Gasteiger partial charge in [-0.2, -0.15) is 0 Å². The van der Waals surface area contributed by atoms with Crippen molar-refractivity contribution in [3.8, 4) is 0 Å². The highest BCUT2D eigenvalue weighted by Gasteiger charge is 2.11. The van der Waals surface area contributed by atoms with Gasteiger partial charge >= 0.3 is 6.03 Å². The Morgan fingerprint density at radius 3 is 2.82 bits per heavy atom. The van der Waals surface area contributed by atoms with Crippen LogP contribution in [0.1, 0.15) is 18.5 Å². The Hall–Kier alpha value is -2.11. The largest absolute Gasteiger partial charge is 0.331 e. The molecular formula is C16H14ClN3OS. The molecule has 2 N–H and O–H groups in total. The highest BCUT2D eigenvalue weighted by Crippen LogP contribution is 2.25. The molecule has 2 amide bonds. The number of hydrogen-bond donors (Lipinski definition) is 2. The second kappa shape index (κ2) is 6.34. The number of nitrogens with one attached hydrogen (secondary N) is 2. The molecule has 0 unspecified atom stereocenters. The standard InChI is InChI=1S/C16H14ClN3OS/c1-10(11-5-4-6-12(17)9-11)18-15(21)20-16-19-13-7-2-3-8-14(13)22-16/h2-10H,1H3,(H2,18,19,20,21)/t10-/m1/s1. The van der Waals surface area contributed by atoms with Gasteiger partial charge in [0.15, 0.2) is 5.13 Å². The Bertz CT molecular complexity index is 785. The quantitative estimate of drug-likeness (QED) is 0.722. The minimum atomic E-state index is -0.286. The molecule has 1 heterocycles. The van der Waals surface area contributed by atoms with Crippen LogP contribution in [-0.4, -0.2) is 11.0 Å². The zero-order chi connectivity index (χ0) is 15.5. The highest BCUT2D eigenvalue weighted by atomic mass is 35.5. The zero-order valence-corrected chi connectivity index (χ0v) is 13.4. The number of thiazole rings is 1. The third-order valence-corrected chi connectivity index (χ3v) is 4.40. The van der Waals surface area contributed by atoms with Gasteiger partial charge < -0.3 is 5.32 Å². The fraction of sp³-hybridized carbons (Fsp3) is 0.125. The minimum absolute atomic E-state index is 0.145. The van der Waals surface area contributed by atoms with E-state index in [4.69, 9.17) is 11.6 Å². The van der Waals surface area contributed by atoms with Gasteiger partial charge in [0.2, 0.25) is 0 Å². The van der Waals surface area contributed by atoms with Crippen molar-refractivity contribution in [2.45, 2.75) is 13.0 Å². The van der Waals surface area contributed by atoms with Gasteiger partial charge in [0.05, 0.1) is 16.3 Å². The van der Waals surface area contributed by atoms with Crippen molar-refractivity contribution in [3.05, 3.63) is 59.1 Å². The fourth-order valence-corrected chi connectivity index (χ4v) is 3.17. The van der Waals surface area contributed by atoms with Gasteiger partial charge in [-0.15, -0.1) is 0 Å². The number of carbonyl (C=O) groups excluding carboxylic acids is 1. The van der Waals surface area contributed by atoms with Crippen molar-refractivity contribution >= 4 is 44.3 Å². The summed E-state index contributed by atoms with van der Waals surface area (Å²) in [6.07, 6.45) is 0. The summed E-state index contributed by atoms with van der Waals surface area (Å²) in [5.41, 5.74) is 1.83. The Balaban J connectivity index is 1.67. The van der Waals surface area contributed by atoms with Crippen LogP contribution in [0.5, 0.6) is 0 Å². The van der Waals surface area contributed by atoms with E-state index in [0.29, 0.717) is 10.2 Å². The Morgan fingerprint density at radius 2 is 2.05 bits per heavy atom. The minimum Gasteiger partial charge on any atom is -0.331 e. The third-order valence-electron chi connectivity index (χ3n) is 3.21. The van der Waals surface area contributed by atoms with Crippen LogP contribution in [0.3, 0.4) is 0 Å². The molecule has 22 heavy (non-hydrogen) atoms. The summed E-state index contributed by atoms with van der Waals surface area (Å²) in [5, 5.41) is 6.88. The lowest BCUT2D eigenvalue weighted by molar-refractivity contribution is 0.249. The number of urea groups is 1. The van der Waals surface area contributed by atoms with Gasteiger partial charge in [-0.25, -0.2) is 9.78 Å². The fourth-order valence-electron chi connectivity index (χ4n) is 2.11. The molecule has 1 atom stereocenters. The lowest BCUT2D eigenvalue weighted by atomic mass is 10.1. The van der Waals surface area contributed by atoms with Crippen molar-refractivity contribution in [1.82, 2.24) is 10.3 Å². The third kappa shape index (κ3) is 3.37. The van der Waals surface area contributed by atoms with Crippen LogP contribution in [0.15, 0.2) is 48.5 Å². The number of amides is 2. The van der Waals surface area contributed by atoms with Crippen molar-refractivity contribution in [2.75, 3.05) is 5.32 Å². The summed E-state index contributed by atoms with van der Waals surface area (Å²) in [5.74, 6) is 0. The van der Waals surface area contributed by atoms with Crippen molar-refractivity contribution in [1.29, 1.82) is 0 Å².